The Kier molecular flexibility index (Phi) is 5.01. The van der Waals surface area contributed by atoms with E-state index in [1.54, 1.807) is 19.1 Å². The van der Waals surface area contributed by atoms with Gasteiger partial charge in [0.2, 0.25) is 0 Å². The summed E-state index contributed by atoms with van der Waals surface area (Å²) in [5, 5.41) is 0. The number of rotatable bonds is 5. The third-order valence-corrected chi connectivity index (χ3v) is 6.04. The van der Waals surface area contributed by atoms with Crippen LogP contribution in [-0.4, -0.2) is 15.0 Å². The Morgan fingerprint density at radius 3 is 2.38 bits per heavy atom. The van der Waals surface area contributed by atoms with E-state index in [-0.39, 0.29) is 15.4 Å². The smallest absolute Gasteiger partial charge is 0.268 e. The van der Waals surface area contributed by atoms with Crippen molar-refractivity contribution in [3.63, 3.8) is 0 Å². The molecule has 7 heteroatoms. The van der Waals surface area contributed by atoms with E-state index in [4.69, 9.17) is 16.0 Å². The van der Waals surface area contributed by atoms with E-state index >= 15 is 0 Å². The van der Waals surface area contributed by atoms with Crippen molar-refractivity contribution in [3.05, 3.63) is 46.3 Å². The summed E-state index contributed by atoms with van der Waals surface area (Å²) in [6.45, 7) is 4.06. The lowest BCUT2D eigenvalue weighted by molar-refractivity contribution is 0.498. The monoisotopic (exact) mass is 391 g/mol. The largest absolute Gasteiger partial charge is 0.452 e. The van der Waals surface area contributed by atoms with Crippen molar-refractivity contribution < 1.29 is 12.8 Å². The molecule has 0 fully saturated rings. The van der Waals surface area contributed by atoms with Crippen LogP contribution in [0.2, 0.25) is 0 Å². The first-order chi connectivity index (χ1) is 9.90. The van der Waals surface area contributed by atoms with Gasteiger partial charge in [0, 0.05) is 12.6 Å². The summed E-state index contributed by atoms with van der Waals surface area (Å²) in [5.41, 5.74) is 1.68. The van der Waals surface area contributed by atoms with E-state index in [1.807, 2.05) is 19.1 Å². The average molecular weight is 393 g/mol. The van der Waals surface area contributed by atoms with Crippen molar-refractivity contribution in [2.45, 2.75) is 24.6 Å². The Bertz CT molecular complexity index is 725. The second kappa shape index (κ2) is 6.42. The Labute approximate surface area is 137 Å². The topological polar surface area (TPSA) is 50.5 Å². The SMILES string of the molecule is CCN(c1ccc(C)cc1)S(=O)(=O)c1cc(CCl)oc1Br. The molecular formula is C14H15BrClNO3S. The van der Waals surface area contributed by atoms with Gasteiger partial charge in [-0.25, -0.2) is 8.42 Å². The third-order valence-electron chi connectivity index (χ3n) is 3.02. The van der Waals surface area contributed by atoms with Crippen LogP contribution in [0.3, 0.4) is 0 Å². The van der Waals surface area contributed by atoms with E-state index < -0.39 is 10.0 Å². The van der Waals surface area contributed by atoms with Crippen LogP contribution in [0.5, 0.6) is 0 Å². The Balaban J connectivity index is 2.49. The zero-order chi connectivity index (χ0) is 15.6. The van der Waals surface area contributed by atoms with E-state index in [9.17, 15) is 8.42 Å². The fraction of sp³-hybridized carbons (Fsp3) is 0.286. The van der Waals surface area contributed by atoms with Crippen molar-refractivity contribution in [3.8, 4) is 0 Å². The van der Waals surface area contributed by atoms with Crippen LogP contribution in [0.1, 0.15) is 18.2 Å². The summed E-state index contributed by atoms with van der Waals surface area (Å²) < 4.78 is 32.4. The normalized spacial score (nSPS) is 11.6. The van der Waals surface area contributed by atoms with Gasteiger partial charge in [0.15, 0.2) is 4.67 Å². The van der Waals surface area contributed by atoms with E-state index in [1.165, 1.54) is 10.4 Å². The quantitative estimate of drug-likeness (QED) is 0.713. The number of furan rings is 1. The van der Waals surface area contributed by atoms with Crippen LogP contribution in [-0.2, 0) is 15.9 Å². The maximum absolute atomic E-state index is 12.8. The minimum Gasteiger partial charge on any atom is -0.452 e. The van der Waals surface area contributed by atoms with Crippen LogP contribution in [0.15, 0.2) is 44.3 Å². The van der Waals surface area contributed by atoms with Gasteiger partial charge in [0.1, 0.15) is 10.7 Å². The lowest BCUT2D eigenvalue weighted by Crippen LogP contribution is -2.30. The van der Waals surface area contributed by atoms with Crippen LogP contribution < -0.4 is 4.31 Å². The summed E-state index contributed by atoms with van der Waals surface area (Å²) in [4.78, 5) is 0.0839. The molecule has 0 bridgehead atoms. The van der Waals surface area contributed by atoms with Crippen LogP contribution in [0.4, 0.5) is 5.69 Å². The zero-order valence-corrected chi connectivity index (χ0v) is 14.8. The molecule has 0 aliphatic carbocycles. The number of anilines is 1. The molecule has 1 aromatic carbocycles. The first kappa shape index (κ1) is 16.4. The van der Waals surface area contributed by atoms with Crippen molar-refractivity contribution >= 4 is 43.2 Å². The highest BCUT2D eigenvalue weighted by Gasteiger charge is 2.28. The van der Waals surface area contributed by atoms with Gasteiger partial charge in [-0.1, -0.05) is 17.7 Å². The number of sulfonamides is 1. The molecule has 2 aromatic rings. The summed E-state index contributed by atoms with van der Waals surface area (Å²) in [6, 6.07) is 8.77. The highest BCUT2D eigenvalue weighted by atomic mass is 79.9. The number of hydrogen-bond donors (Lipinski definition) is 0. The standard InChI is InChI=1S/C14H15BrClNO3S/c1-3-17(11-6-4-10(2)5-7-11)21(18,19)13-8-12(9-16)20-14(13)15/h4-8H,3,9H2,1-2H3. The average Bonchev–Trinajstić information content (AvgIpc) is 2.83. The minimum absolute atomic E-state index is 0.0839. The predicted octanol–water partition coefficient (Wildman–Crippen LogP) is 4.30. The molecule has 1 heterocycles. The fourth-order valence-electron chi connectivity index (χ4n) is 1.96. The Morgan fingerprint density at radius 1 is 1.29 bits per heavy atom. The second-order valence-corrected chi connectivity index (χ2v) is 7.31. The van der Waals surface area contributed by atoms with Gasteiger partial charge < -0.3 is 4.42 Å². The molecule has 21 heavy (non-hydrogen) atoms. The van der Waals surface area contributed by atoms with Crippen molar-refractivity contribution in [2.24, 2.45) is 0 Å². The molecule has 0 saturated carbocycles. The first-order valence-corrected chi connectivity index (χ1v) is 9.10. The lowest BCUT2D eigenvalue weighted by Gasteiger charge is -2.22. The molecule has 114 valence electrons. The summed E-state index contributed by atoms with van der Waals surface area (Å²) in [5.74, 6) is 0.521. The molecule has 0 unspecified atom stereocenters. The molecule has 0 atom stereocenters. The molecule has 0 amide bonds. The number of hydrogen-bond acceptors (Lipinski definition) is 3. The van der Waals surface area contributed by atoms with Crippen molar-refractivity contribution in [2.75, 3.05) is 10.8 Å². The maximum Gasteiger partial charge on any atom is 0.268 e. The van der Waals surface area contributed by atoms with Crippen molar-refractivity contribution in [1.82, 2.24) is 0 Å². The van der Waals surface area contributed by atoms with Crippen LogP contribution >= 0.6 is 27.5 Å². The summed E-state index contributed by atoms with van der Waals surface area (Å²) >= 11 is 8.83. The summed E-state index contributed by atoms with van der Waals surface area (Å²) in [7, 11) is -3.70. The van der Waals surface area contributed by atoms with E-state index in [0.717, 1.165) is 5.56 Å². The maximum atomic E-state index is 12.8. The number of alkyl halides is 1. The molecule has 1 aromatic heterocycles. The van der Waals surface area contributed by atoms with E-state index in [0.29, 0.717) is 18.0 Å². The number of aryl methyl sites for hydroxylation is 1. The highest BCUT2D eigenvalue weighted by Crippen LogP contribution is 2.31. The molecule has 4 nitrogen and oxygen atoms in total. The van der Waals surface area contributed by atoms with Crippen LogP contribution in [0, 0.1) is 6.92 Å². The van der Waals surface area contributed by atoms with Gasteiger partial charge in [0.05, 0.1) is 11.6 Å². The Morgan fingerprint density at radius 2 is 1.90 bits per heavy atom. The number of halogens is 2. The molecule has 2 rings (SSSR count). The molecular weight excluding hydrogens is 378 g/mol. The van der Waals surface area contributed by atoms with Gasteiger partial charge in [-0.15, -0.1) is 11.6 Å². The molecule has 0 saturated heterocycles. The molecule has 0 aliphatic heterocycles. The van der Waals surface area contributed by atoms with Crippen molar-refractivity contribution in [1.29, 1.82) is 0 Å². The lowest BCUT2D eigenvalue weighted by atomic mass is 10.2. The van der Waals surface area contributed by atoms with Gasteiger partial charge >= 0.3 is 0 Å². The fourth-order valence-corrected chi connectivity index (χ4v) is 4.53. The molecule has 0 spiro atoms. The zero-order valence-electron chi connectivity index (χ0n) is 11.6. The predicted molar refractivity (Wildman–Crippen MR) is 87.3 cm³/mol. The van der Waals surface area contributed by atoms with Crippen LogP contribution in [0.25, 0.3) is 0 Å². The highest BCUT2D eigenvalue weighted by molar-refractivity contribution is 9.10. The number of benzene rings is 1. The van der Waals surface area contributed by atoms with Gasteiger partial charge in [-0.2, -0.15) is 0 Å². The van der Waals surface area contributed by atoms with E-state index in [2.05, 4.69) is 15.9 Å². The molecule has 0 aliphatic rings. The summed E-state index contributed by atoms with van der Waals surface area (Å²) in [6.07, 6.45) is 0. The Hall–Kier alpha value is -0.980. The molecule has 0 radical (unpaired) electrons. The first-order valence-electron chi connectivity index (χ1n) is 6.33. The number of nitrogens with zero attached hydrogens (tertiary/aromatic N) is 1. The van der Waals surface area contributed by atoms with Gasteiger partial charge in [-0.3, -0.25) is 4.31 Å². The van der Waals surface area contributed by atoms with Gasteiger partial charge in [-0.05, 0) is 41.9 Å². The third kappa shape index (κ3) is 3.27. The molecule has 0 N–H and O–H groups in total. The minimum atomic E-state index is -3.70. The second-order valence-electron chi connectivity index (χ2n) is 4.49. The van der Waals surface area contributed by atoms with Gasteiger partial charge in [0.25, 0.3) is 10.0 Å².